The fraction of sp³-hybridized carbons (Fsp3) is 0.516. The molecule has 0 aliphatic carbocycles. The first-order chi connectivity index (χ1) is 39.5. The summed E-state index contributed by atoms with van der Waals surface area (Å²) >= 11 is 0. The SMILES string of the molecule is CCC[C@@H]1CC[C@@H](C)Oc2ccccc2CCCNC(=O)[C@@H](Cc2ccccc2)NC(=O)[C@@H](C)N(C)C1=O.CCC[C@H](CC[C@@H](C)Oc1ccccc1CCCNC(=O)C(F)(F)F)C(=O)N(C)[C@H](C)C(=O)N[C@H](Cc1ccccc1)C(=O)O. The van der Waals surface area contributed by atoms with Gasteiger partial charge in [0.25, 0.3) is 0 Å². The summed E-state index contributed by atoms with van der Waals surface area (Å²) in [5.41, 5.74) is 3.60. The number of rotatable bonds is 22. The number of nitrogens with one attached hydrogen (secondary N) is 4. The fourth-order valence-electron chi connectivity index (χ4n) is 9.75. The minimum atomic E-state index is -4.92. The molecule has 4 aromatic rings. The maximum Gasteiger partial charge on any atom is 0.471 e. The molecule has 0 saturated heterocycles. The van der Waals surface area contributed by atoms with Gasteiger partial charge in [0.05, 0.1) is 12.2 Å². The van der Waals surface area contributed by atoms with Crippen LogP contribution in [0.1, 0.15) is 128 Å². The van der Waals surface area contributed by atoms with Crippen molar-refractivity contribution in [3.63, 3.8) is 0 Å². The van der Waals surface area contributed by atoms with Crippen LogP contribution in [0.25, 0.3) is 0 Å². The van der Waals surface area contributed by atoms with Crippen LogP contribution in [0.5, 0.6) is 11.5 Å². The highest BCUT2D eigenvalue weighted by atomic mass is 19.4. The molecular formula is C64H87F3N6O10. The van der Waals surface area contributed by atoms with Crippen molar-refractivity contribution >= 4 is 41.4 Å². The Bertz CT molecular complexity index is 2680. The lowest BCUT2D eigenvalue weighted by molar-refractivity contribution is -0.173. The van der Waals surface area contributed by atoms with Gasteiger partial charge in [-0.05, 0) is 126 Å². The third kappa shape index (κ3) is 23.0. The molecule has 0 aromatic heterocycles. The van der Waals surface area contributed by atoms with Gasteiger partial charge in [-0.1, -0.05) is 124 Å². The van der Waals surface area contributed by atoms with Gasteiger partial charge in [-0.15, -0.1) is 0 Å². The summed E-state index contributed by atoms with van der Waals surface area (Å²) in [7, 11) is 3.21. The number of carboxylic acid groups (broad SMARTS) is 1. The third-order valence-electron chi connectivity index (χ3n) is 14.9. The highest BCUT2D eigenvalue weighted by molar-refractivity contribution is 5.93. The summed E-state index contributed by atoms with van der Waals surface area (Å²) in [4.78, 5) is 92.1. The molecule has 83 heavy (non-hydrogen) atoms. The molecule has 0 saturated carbocycles. The molecule has 0 unspecified atom stereocenters. The Morgan fingerprint density at radius 2 is 1.47 bits per heavy atom. The Kier molecular flexibility index (Phi) is 28.6. The van der Waals surface area contributed by atoms with Crippen LogP contribution in [-0.4, -0.2) is 126 Å². The van der Waals surface area contributed by atoms with Crippen molar-refractivity contribution in [2.75, 3.05) is 27.2 Å². The predicted octanol–water partition coefficient (Wildman–Crippen LogP) is 9.21. The van der Waals surface area contributed by atoms with Crippen molar-refractivity contribution in [2.24, 2.45) is 11.8 Å². The molecule has 5 rings (SSSR count). The average molecular weight is 1160 g/mol. The van der Waals surface area contributed by atoms with Gasteiger partial charge in [-0.2, -0.15) is 13.2 Å². The van der Waals surface area contributed by atoms with Crippen molar-refractivity contribution in [3.05, 3.63) is 131 Å². The largest absolute Gasteiger partial charge is 0.490 e. The second kappa shape index (κ2) is 34.9. The van der Waals surface area contributed by atoms with E-state index in [4.69, 9.17) is 9.47 Å². The average Bonchev–Trinajstić information content (AvgIpc) is 3.52. The number of para-hydroxylation sites is 2. The highest BCUT2D eigenvalue weighted by Gasteiger charge is 2.38. The van der Waals surface area contributed by atoms with Crippen LogP contribution in [0.2, 0.25) is 0 Å². The molecule has 1 aliphatic heterocycles. The lowest BCUT2D eigenvalue weighted by atomic mass is 9.94. The minimum Gasteiger partial charge on any atom is -0.490 e. The van der Waals surface area contributed by atoms with Crippen molar-refractivity contribution in [1.29, 1.82) is 0 Å². The van der Waals surface area contributed by atoms with Crippen LogP contribution in [0, 0.1) is 11.8 Å². The van der Waals surface area contributed by atoms with E-state index in [2.05, 4.69) is 28.9 Å². The first-order valence-corrected chi connectivity index (χ1v) is 29.1. The van der Waals surface area contributed by atoms with Gasteiger partial charge in [0.2, 0.25) is 29.5 Å². The quantitative estimate of drug-likeness (QED) is 0.0471. The van der Waals surface area contributed by atoms with E-state index in [1.54, 1.807) is 63.4 Å². The number of aliphatic carboxylic acids is 1. The summed E-state index contributed by atoms with van der Waals surface area (Å²) in [5, 5.41) is 20.0. The Morgan fingerprint density at radius 3 is 2.12 bits per heavy atom. The monoisotopic (exact) mass is 1160 g/mol. The number of hydrogen-bond donors (Lipinski definition) is 5. The number of ether oxygens (including phenoxy) is 2. The van der Waals surface area contributed by atoms with E-state index < -0.39 is 48.1 Å². The molecule has 0 bridgehead atoms. The summed E-state index contributed by atoms with van der Waals surface area (Å²) in [6.45, 7) is 11.6. The molecule has 8 atom stereocenters. The molecule has 19 heteroatoms. The topological polar surface area (TPSA) is 213 Å². The molecule has 16 nitrogen and oxygen atoms in total. The number of amides is 6. The Morgan fingerprint density at radius 1 is 0.831 bits per heavy atom. The number of likely N-dealkylation sites (N-methyl/N-ethyl adjacent to an activating group) is 2. The summed E-state index contributed by atoms with van der Waals surface area (Å²) in [6.07, 6.45) is 2.84. The van der Waals surface area contributed by atoms with Crippen molar-refractivity contribution in [1.82, 2.24) is 31.1 Å². The fourth-order valence-corrected chi connectivity index (χ4v) is 9.75. The van der Waals surface area contributed by atoms with E-state index in [0.717, 1.165) is 66.5 Å². The van der Waals surface area contributed by atoms with Crippen LogP contribution < -0.4 is 30.7 Å². The number of alkyl halides is 3. The van der Waals surface area contributed by atoms with Gasteiger partial charge in [0, 0.05) is 51.9 Å². The summed E-state index contributed by atoms with van der Waals surface area (Å²) in [5.74, 6) is -3.66. The Labute approximate surface area is 488 Å². The van der Waals surface area contributed by atoms with Crippen LogP contribution in [0.4, 0.5) is 13.2 Å². The van der Waals surface area contributed by atoms with E-state index >= 15 is 0 Å². The lowest BCUT2D eigenvalue weighted by Crippen LogP contribution is -2.54. The van der Waals surface area contributed by atoms with Gasteiger partial charge in [-0.3, -0.25) is 28.8 Å². The molecule has 4 aromatic carbocycles. The van der Waals surface area contributed by atoms with Gasteiger partial charge in [0.1, 0.15) is 35.7 Å². The Balaban J connectivity index is 0.000000361. The molecule has 0 radical (unpaired) electrons. The zero-order valence-electron chi connectivity index (χ0n) is 49.5. The number of nitrogens with zero attached hydrogens (tertiary/aromatic N) is 2. The van der Waals surface area contributed by atoms with Gasteiger partial charge in [0.15, 0.2) is 0 Å². The maximum absolute atomic E-state index is 13.5. The number of carboxylic acids is 1. The number of carbonyl (C=O) groups is 7. The number of halogens is 3. The standard InChI is InChI=1S/C33H44F3N3O6.C31H43N3O4/c1-5-12-26(30(41)39(4)23(3)29(40)38-27(31(42)43)21-24-13-7-6-8-14-24)19-18-22(2)45-28-17-10-9-15-25(28)16-11-20-37-32(44)33(34,35)36;1-5-12-26-19-18-22(2)38-28-17-10-9-15-25(28)16-11-20-32-30(36)27(21-24-13-7-6-8-14-24)33-29(35)23(3)34(4)31(26)37/h6-10,13-15,17,22-23,26-27H,5,11-12,16,18-21H2,1-4H3,(H,37,44)(H,38,40)(H,42,43);6-10,13-15,17,22-23,26-27H,5,11-12,16,18-21H2,1-4H3,(H,32,36)(H,33,35)/t2*22-,23-,26-,27-/m11/s1. The molecule has 5 N–H and O–H groups in total. The predicted molar refractivity (Wildman–Crippen MR) is 313 cm³/mol. The lowest BCUT2D eigenvalue weighted by Gasteiger charge is -2.30. The van der Waals surface area contributed by atoms with E-state index in [9.17, 15) is 51.8 Å². The molecule has 1 aliphatic rings. The summed E-state index contributed by atoms with van der Waals surface area (Å²) in [6, 6.07) is 30.3. The van der Waals surface area contributed by atoms with E-state index in [0.29, 0.717) is 57.2 Å². The number of fused-ring (bicyclic) bond motifs is 1. The first kappa shape index (κ1) is 68.1. The smallest absolute Gasteiger partial charge is 0.471 e. The molecule has 0 fully saturated rings. The summed E-state index contributed by atoms with van der Waals surface area (Å²) < 4.78 is 49.6. The number of aryl methyl sites for hydroxylation is 2. The zero-order chi connectivity index (χ0) is 61.1. The second-order valence-corrected chi connectivity index (χ2v) is 21.5. The molecule has 1 heterocycles. The molecule has 454 valence electrons. The molecular weight excluding hydrogens is 1070 g/mol. The number of hydrogen-bond acceptors (Lipinski definition) is 9. The van der Waals surface area contributed by atoms with Crippen LogP contribution in [-0.2, 0) is 59.2 Å². The van der Waals surface area contributed by atoms with Gasteiger partial charge < -0.3 is 45.6 Å². The van der Waals surface area contributed by atoms with Gasteiger partial charge >= 0.3 is 18.1 Å². The zero-order valence-corrected chi connectivity index (χ0v) is 49.5. The number of carbonyl (C=O) groups excluding carboxylic acids is 6. The molecule has 0 spiro atoms. The minimum absolute atomic E-state index is 0.0488. The first-order valence-electron chi connectivity index (χ1n) is 29.1. The van der Waals surface area contributed by atoms with Crippen LogP contribution in [0.15, 0.2) is 109 Å². The third-order valence-corrected chi connectivity index (χ3v) is 14.9. The van der Waals surface area contributed by atoms with Crippen LogP contribution in [0.3, 0.4) is 0 Å². The van der Waals surface area contributed by atoms with Crippen molar-refractivity contribution in [3.8, 4) is 11.5 Å². The van der Waals surface area contributed by atoms with Crippen LogP contribution >= 0.6 is 0 Å². The number of benzene rings is 4. The Hall–Kier alpha value is -7.44. The highest BCUT2D eigenvalue weighted by Crippen LogP contribution is 2.27. The van der Waals surface area contributed by atoms with E-state index in [1.165, 1.54) is 16.8 Å². The van der Waals surface area contributed by atoms with Crippen molar-refractivity contribution < 1.29 is 61.3 Å². The van der Waals surface area contributed by atoms with E-state index in [1.807, 2.05) is 86.8 Å². The second-order valence-electron chi connectivity index (χ2n) is 21.5. The maximum atomic E-state index is 13.5. The van der Waals surface area contributed by atoms with Crippen molar-refractivity contribution in [2.45, 2.75) is 174 Å². The normalized spacial score (nSPS) is 18.7. The van der Waals surface area contributed by atoms with E-state index in [-0.39, 0.29) is 60.6 Å². The molecule has 6 amide bonds. The van der Waals surface area contributed by atoms with Gasteiger partial charge in [-0.25, -0.2) is 4.79 Å².